The zero-order valence-corrected chi connectivity index (χ0v) is 10.5. The third-order valence-corrected chi connectivity index (χ3v) is 3.04. The quantitative estimate of drug-likeness (QED) is 0.689. The van der Waals surface area contributed by atoms with Gasteiger partial charge in [0, 0.05) is 25.0 Å². The Bertz CT molecular complexity index is 236. The highest BCUT2D eigenvalue weighted by atomic mass is 32.2. The van der Waals surface area contributed by atoms with Gasteiger partial charge in [0.15, 0.2) is 0 Å². The average Bonchev–Trinajstić information content (AvgIpc) is 2.74. The Morgan fingerprint density at radius 3 is 3.07 bits per heavy atom. The molecule has 86 valence electrons. The Morgan fingerprint density at radius 1 is 1.53 bits per heavy atom. The maximum absolute atomic E-state index is 4.02. The summed E-state index contributed by atoms with van der Waals surface area (Å²) in [5, 5.41) is 3.53. The first-order valence-corrected chi connectivity index (χ1v) is 6.90. The van der Waals surface area contributed by atoms with Crippen molar-refractivity contribution in [3.05, 3.63) is 18.7 Å². The van der Waals surface area contributed by atoms with Crippen molar-refractivity contribution in [2.24, 2.45) is 0 Å². The number of hydrogen-bond donors (Lipinski definition) is 1. The summed E-state index contributed by atoms with van der Waals surface area (Å²) in [6.07, 6.45) is 10.3. The minimum atomic E-state index is 0.639. The molecule has 0 aliphatic rings. The van der Waals surface area contributed by atoms with Crippen molar-refractivity contribution in [3.8, 4) is 0 Å². The van der Waals surface area contributed by atoms with Gasteiger partial charge in [-0.3, -0.25) is 0 Å². The molecule has 1 aromatic heterocycles. The maximum Gasteiger partial charge on any atom is 0.0945 e. The number of thioether (sulfide) groups is 1. The molecular weight excluding hydrogens is 206 g/mol. The first-order chi connectivity index (χ1) is 7.33. The van der Waals surface area contributed by atoms with Crippen molar-refractivity contribution < 1.29 is 0 Å². The zero-order valence-electron chi connectivity index (χ0n) is 9.65. The number of imidazole rings is 1. The van der Waals surface area contributed by atoms with Gasteiger partial charge in [0.1, 0.15) is 0 Å². The van der Waals surface area contributed by atoms with Gasteiger partial charge >= 0.3 is 0 Å². The van der Waals surface area contributed by atoms with Crippen LogP contribution in [0.1, 0.15) is 19.8 Å². The second-order valence-corrected chi connectivity index (χ2v) is 4.78. The number of aromatic nitrogens is 2. The van der Waals surface area contributed by atoms with Gasteiger partial charge in [0.25, 0.3) is 0 Å². The van der Waals surface area contributed by atoms with E-state index in [4.69, 9.17) is 0 Å². The van der Waals surface area contributed by atoms with E-state index in [1.165, 1.54) is 18.6 Å². The van der Waals surface area contributed by atoms with Crippen LogP contribution in [-0.2, 0) is 6.54 Å². The molecule has 0 saturated carbocycles. The van der Waals surface area contributed by atoms with Crippen LogP contribution in [0.15, 0.2) is 18.7 Å². The molecule has 1 unspecified atom stereocenters. The lowest BCUT2D eigenvalue weighted by Gasteiger charge is -2.12. The van der Waals surface area contributed by atoms with Crippen molar-refractivity contribution >= 4 is 11.8 Å². The molecule has 1 N–H and O–H groups in total. The van der Waals surface area contributed by atoms with Crippen molar-refractivity contribution in [2.45, 2.75) is 32.4 Å². The Morgan fingerprint density at radius 2 is 2.40 bits per heavy atom. The summed E-state index contributed by atoms with van der Waals surface area (Å²) in [7, 11) is 0. The van der Waals surface area contributed by atoms with Crippen LogP contribution >= 0.6 is 11.8 Å². The summed E-state index contributed by atoms with van der Waals surface area (Å²) in [5.74, 6) is 1.25. The van der Waals surface area contributed by atoms with Crippen LogP contribution in [0.2, 0.25) is 0 Å². The number of hydrogen-bond acceptors (Lipinski definition) is 3. The van der Waals surface area contributed by atoms with Crippen molar-refractivity contribution in [1.29, 1.82) is 0 Å². The zero-order chi connectivity index (χ0) is 10.9. The van der Waals surface area contributed by atoms with Gasteiger partial charge in [0.2, 0.25) is 0 Å². The normalized spacial score (nSPS) is 12.9. The highest BCUT2D eigenvalue weighted by molar-refractivity contribution is 7.98. The third kappa shape index (κ3) is 5.85. The molecule has 0 radical (unpaired) electrons. The van der Waals surface area contributed by atoms with Crippen LogP contribution in [0.3, 0.4) is 0 Å². The lowest BCUT2D eigenvalue weighted by atomic mass is 10.2. The lowest BCUT2D eigenvalue weighted by molar-refractivity contribution is 0.505. The summed E-state index contributed by atoms with van der Waals surface area (Å²) in [6, 6.07) is 0.639. The van der Waals surface area contributed by atoms with Gasteiger partial charge < -0.3 is 9.88 Å². The molecule has 0 amide bonds. The van der Waals surface area contributed by atoms with Gasteiger partial charge in [0.05, 0.1) is 6.33 Å². The first kappa shape index (κ1) is 12.6. The number of aryl methyl sites for hydroxylation is 1. The van der Waals surface area contributed by atoms with Crippen LogP contribution < -0.4 is 5.32 Å². The molecule has 1 heterocycles. The fourth-order valence-electron chi connectivity index (χ4n) is 1.43. The first-order valence-electron chi connectivity index (χ1n) is 5.51. The highest BCUT2D eigenvalue weighted by Gasteiger charge is 1.99. The van der Waals surface area contributed by atoms with Gasteiger partial charge in [-0.2, -0.15) is 11.8 Å². The average molecular weight is 227 g/mol. The molecule has 1 atom stereocenters. The van der Waals surface area contributed by atoms with Gasteiger partial charge in [-0.1, -0.05) is 0 Å². The molecule has 0 saturated heterocycles. The smallest absolute Gasteiger partial charge is 0.0945 e. The predicted molar refractivity (Wildman–Crippen MR) is 67.3 cm³/mol. The van der Waals surface area contributed by atoms with E-state index in [1.807, 2.05) is 30.5 Å². The van der Waals surface area contributed by atoms with Crippen molar-refractivity contribution in [3.63, 3.8) is 0 Å². The van der Waals surface area contributed by atoms with Crippen molar-refractivity contribution in [1.82, 2.24) is 14.9 Å². The summed E-state index contributed by atoms with van der Waals surface area (Å²) in [5.41, 5.74) is 0. The molecule has 0 fully saturated rings. The molecule has 0 aliphatic heterocycles. The van der Waals surface area contributed by atoms with E-state index >= 15 is 0 Å². The van der Waals surface area contributed by atoms with Crippen LogP contribution in [-0.4, -0.2) is 34.1 Å². The highest BCUT2D eigenvalue weighted by Crippen LogP contribution is 1.99. The molecule has 0 bridgehead atoms. The van der Waals surface area contributed by atoms with Crippen LogP contribution in [0, 0.1) is 0 Å². The van der Waals surface area contributed by atoms with Crippen LogP contribution in [0.25, 0.3) is 0 Å². The maximum atomic E-state index is 4.02. The minimum absolute atomic E-state index is 0.639. The number of rotatable bonds is 8. The summed E-state index contributed by atoms with van der Waals surface area (Å²) >= 11 is 1.91. The topological polar surface area (TPSA) is 29.9 Å². The molecule has 1 aromatic rings. The SMILES string of the molecule is CSCCC(C)NCCCn1ccnc1. The number of nitrogens with zero attached hydrogens (tertiary/aromatic N) is 2. The fraction of sp³-hybridized carbons (Fsp3) is 0.727. The van der Waals surface area contributed by atoms with Gasteiger partial charge in [-0.05, 0) is 38.3 Å². The molecule has 3 nitrogen and oxygen atoms in total. The van der Waals surface area contributed by atoms with E-state index in [0.29, 0.717) is 6.04 Å². The van der Waals surface area contributed by atoms with E-state index in [1.54, 1.807) is 0 Å². The Kier molecular flexibility index (Phi) is 6.52. The largest absolute Gasteiger partial charge is 0.337 e. The fourth-order valence-corrected chi connectivity index (χ4v) is 2.02. The molecule has 0 aliphatic carbocycles. The Hall–Kier alpha value is -0.480. The van der Waals surface area contributed by atoms with Crippen LogP contribution in [0.4, 0.5) is 0 Å². The summed E-state index contributed by atoms with van der Waals surface area (Å²) in [4.78, 5) is 4.02. The summed E-state index contributed by atoms with van der Waals surface area (Å²) in [6.45, 7) is 4.41. The predicted octanol–water partition coefficient (Wildman–Crippen LogP) is 2.00. The summed E-state index contributed by atoms with van der Waals surface area (Å²) < 4.78 is 2.12. The van der Waals surface area contributed by atoms with E-state index in [9.17, 15) is 0 Å². The molecule has 4 heteroatoms. The molecule has 15 heavy (non-hydrogen) atoms. The molecular formula is C11H21N3S. The Balaban J connectivity index is 1.97. The second kappa shape index (κ2) is 7.77. The molecule has 0 spiro atoms. The van der Waals surface area contributed by atoms with E-state index < -0.39 is 0 Å². The monoisotopic (exact) mass is 227 g/mol. The van der Waals surface area contributed by atoms with Crippen LogP contribution in [0.5, 0.6) is 0 Å². The molecule has 1 rings (SSSR count). The lowest BCUT2D eigenvalue weighted by Crippen LogP contribution is -2.28. The van der Waals surface area contributed by atoms with E-state index in [2.05, 4.69) is 28.0 Å². The minimum Gasteiger partial charge on any atom is -0.337 e. The third-order valence-electron chi connectivity index (χ3n) is 2.40. The second-order valence-electron chi connectivity index (χ2n) is 3.79. The van der Waals surface area contributed by atoms with Gasteiger partial charge in [-0.15, -0.1) is 0 Å². The number of nitrogens with one attached hydrogen (secondary N) is 1. The van der Waals surface area contributed by atoms with Gasteiger partial charge in [-0.25, -0.2) is 4.98 Å². The van der Waals surface area contributed by atoms with E-state index in [-0.39, 0.29) is 0 Å². The standard InChI is InChI=1S/C11H21N3S/c1-11(4-9-15-2)13-5-3-7-14-8-6-12-10-14/h6,8,10-11,13H,3-5,7,9H2,1-2H3. The van der Waals surface area contributed by atoms with Crippen molar-refractivity contribution in [2.75, 3.05) is 18.6 Å². The molecule has 0 aromatic carbocycles. The Labute approximate surface area is 96.7 Å². The van der Waals surface area contributed by atoms with E-state index in [0.717, 1.165) is 13.1 Å².